The van der Waals surface area contributed by atoms with Crippen LogP contribution in [0, 0.1) is 25.2 Å². The molecule has 1 aliphatic heterocycles. The molecule has 0 spiro atoms. The van der Waals surface area contributed by atoms with Crippen molar-refractivity contribution in [3.05, 3.63) is 93.8 Å². The fraction of sp³-hybridized carbons (Fsp3) is 0.462. The molecule has 2 heterocycles. The second kappa shape index (κ2) is 26.2. The molecule has 5 rings (SSSR count). The Kier molecular flexibility index (Phi) is 20.2. The number of nitrogens with zero attached hydrogens (tertiary/aromatic N) is 4. The van der Waals surface area contributed by atoms with Crippen molar-refractivity contribution in [2.45, 2.75) is 110 Å². The monoisotopic (exact) mass is 960 g/mol. The van der Waals surface area contributed by atoms with E-state index < -0.39 is 53.7 Å². The first-order valence-electron chi connectivity index (χ1n) is 24.1. The van der Waals surface area contributed by atoms with Gasteiger partial charge in [0.25, 0.3) is 5.91 Å². The van der Waals surface area contributed by atoms with E-state index >= 15 is 0 Å². The number of carbonyl (C=O) groups excluding carboxylic acids is 5. The minimum absolute atomic E-state index is 0.00288. The number of likely N-dealkylation sites (N-methyl/N-ethyl adjacent to an activating group) is 1. The topological polar surface area (TPSA) is 283 Å². The number of amides is 5. The van der Waals surface area contributed by atoms with E-state index in [0.717, 1.165) is 44.1 Å². The minimum atomic E-state index is -1.40. The molecule has 4 aromatic rings. The van der Waals surface area contributed by atoms with Gasteiger partial charge in [0.2, 0.25) is 23.6 Å². The smallest absolute Gasteiger partial charge is 0.255 e. The molecule has 5 amide bonds. The van der Waals surface area contributed by atoms with Crippen LogP contribution in [0.2, 0.25) is 0 Å². The number of rotatable bonds is 21. The first-order chi connectivity index (χ1) is 33.7. The molecule has 1 aliphatic rings. The number of hydrogen-bond donors (Lipinski definition) is 7. The number of nitriles is 1. The maximum absolute atomic E-state index is 14.8. The standard InChI is InChI=1S/C52H69N11O7/c1-7-9-11-35-14-15-38(29-36(35)12-10-8-2)47-58-31(3)45(32(4)59-47)50(66)61-41(19-20-53)52(68)63(6)46-37-16-18-44(70-26-23-56)40(30-37)39-27-34(13-17-43(39)69-25-22-55)28-42(49(65)57-24-21-54)62-48(64)33(5)60-51(46)67/h13-18,27,29-30,33,41-42,46H,7-12,19-20,22-26,28,53,55-56H2,1-6H3,(H,57,65)(H,60,67)(H,61,66)(H,62,64). The van der Waals surface area contributed by atoms with Gasteiger partial charge in [0, 0.05) is 43.2 Å². The molecule has 4 bridgehead atoms. The van der Waals surface area contributed by atoms with Gasteiger partial charge in [-0.1, -0.05) is 51.0 Å². The zero-order valence-electron chi connectivity index (χ0n) is 41.3. The summed E-state index contributed by atoms with van der Waals surface area (Å²) in [6.45, 7) is 9.63. The van der Waals surface area contributed by atoms with E-state index in [4.69, 9.17) is 36.6 Å². The van der Waals surface area contributed by atoms with E-state index in [1.54, 1.807) is 50.2 Å². The molecular formula is C52H69N11O7. The van der Waals surface area contributed by atoms with Crippen LogP contribution in [-0.2, 0) is 38.4 Å². The minimum Gasteiger partial charge on any atom is -0.492 e. The van der Waals surface area contributed by atoms with E-state index in [-0.39, 0.29) is 57.8 Å². The van der Waals surface area contributed by atoms with Gasteiger partial charge in [-0.15, -0.1) is 0 Å². The highest BCUT2D eigenvalue weighted by atomic mass is 16.5. The van der Waals surface area contributed by atoms with E-state index in [2.05, 4.69) is 47.2 Å². The van der Waals surface area contributed by atoms with Crippen LogP contribution in [0.5, 0.6) is 11.5 Å². The van der Waals surface area contributed by atoms with Crippen LogP contribution < -0.4 is 47.9 Å². The highest BCUT2D eigenvalue weighted by Gasteiger charge is 2.36. The Bertz CT molecular complexity index is 2520. The number of hydrogen-bond acceptors (Lipinski definition) is 13. The van der Waals surface area contributed by atoms with Gasteiger partial charge >= 0.3 is 0 Å². The fourth-order valence-electron chi connectivity index (χ4n) is 8.51. The third kappa shape index (κ3) is 13.6. The number of aryl methyl sites for hydroxylation is 4. The first kappa shape index (κ1) is 54.0. The molecular weight excluding hydrogens is 891 g/mol. The number of carbonyl (C=O) groups is 5. The summed E-state index contributed by atoms with van der Waals surface area (Å²) < 4.78 is 12.2. The zero-order valence-corrected chi connectivity index (χ0v) is 41.3. The summed E-state index contributed by atoms with van der Waals surface area (Å²) in [6.07, 6.45) is 6.28. The lowest BCUT2D eigenvalue weighted by Crippen LogP contribution is -2.56. The normalized spacial score (nSPS) is 16.1. The van der Waals surface area contributed by atoms with Crippen LogP contribution in [0.3, 0.4) is 0 Å². The van der Waals surface area contributed by atoms with Crippen molar-refractivity contribution in [2.24, 2.45) is 17.2 Å². The molecule has 0 fully saturated rings. The number of unbranched alkanes of at least 4 members (excludes halogenated alkanes) is 2. The predicted octanol–water partition coefficient (Wildman–Crippen LogP) is 3.62. The third-order valence-corrected chi connectivity index (χ3v) is 12.2. The van der Waals surface area contributed by atoms with Crippen molar-refractivity contribution in [1.82, 2.24) is 36.1 Å². The average Bonchev–Trinajstić information content (AvgIpc) is 3.34. The molecule has 4 atom stereocenters. The fourth-order valence-corrected chi connectivity index (χ4v) is 8.51. The number of benzene rings is 3. The molecule has 1 aromatic heterocycles. The number of ether oxygens (including phenoxy) is 2. The summed E-state index contributed by atoms with van der Waals surface area (Å²) in [7, 11) is 1.43. The van der Waals surface area contributed by atoms with Crippen molar-refractivity contribution in [3.63, 3.8) is 0 Å². The summed E-state index contributed by atoms with van der Waals surface area (Å²) in [5, 5.41) is 20.0. The zero-order chi connectivity index (χ0) is 50.9. The molecule has 0 saturated heterocycles. The Hall–Kier alpha value is -6.94. The summed E-state index contributed by atoms with van der Waals surface area (Å²) in [6, 6.07) is 13.4. The number of nitrogens with one attached hydrogen (secondary N) is 4. The van der Waals surface area contributed by atoms with Gasteiger partial charge < -0.3 is 52.8 Å². The second-order valence-electron chi connectivity index (χ2n) is 17.5. The van der Waals surface area contributed by atoms with Crippen LogP contribution >= 0.6 is 0 Å². The molecule has 18 nitrogen and oxygen atoms in total. The Morgan fingerprint density at radius 1 is 0.843 bits per heavy atom. The number of aromatic nitrogens is 2. The highest BCUT2D eigenvalue weighted by Crippen LogP contribution is 2.40. The lowest BCUT2D eigenvalue weighted by atomic mass is 9.93. The highest BCUT2D eigenvalue weighted by molar-refractivity contribution is 6.00. The van der Waals surface area contributed by atoms with E-state index in [1.807, 2.05) is 12.1 Å². The molecule has 0 saturated carbocycles. The molecule has 0 aliphatic carbocycles. The van der Waals surface area contributed by atoms with Gasteiger partial charge in [-0.3, -0.25) is 24.0 Å². The second-order valence-corrected chi connectivity index (χ2v) is 17.5. The molecule has 70 heavy (non-hydrogen) atoms. The van der Waals surface area contributed by atoms with Crippen molar-refractivity contribution >= 4 is 29.5 Å². The lowest BCUT2D eigenvalue weighted by Gasteiger charge is -2.32. The molecule has 0 radical (unpaired) electrons. The molecule has 3 aromatic carbocycles. The van der Waals surface area contributed by atoms with Crippen molar-refractivity contribution in [3.8, 4) is 40.1 Å². The van der Waals surface area contributed by atoms with Gasteiger partial charge in [-0.25, -0.2) is 9.97 Å². The molecule has 4 unspecified atom stereocenters. The third-order valence-electron chi connectivity index (χ3n) is 12.2. The average molecular weight is 960 g/mol. The largest absolute Gasteiger partial charge is 0.492 e. The van der Waals surface area contributed by atoms with E-state index in [0.29, 0.717) is 51.0 Å². The molecule has 374 valence electrons. The van der Waals surface area contributed by atoms with Gasteiger partial charge in [-0.2, -0.15) is 5.26 Å². The molecule has 10 N–H and O–H groups in total. The number of nitrogens with two attached hydrogens (primary N) is 3. The van der Waals surface area contributed by atoms with Crippen molar-refractivity contribution in [2.75, 3.05) is 46.4 Å². The van der Waals surface area contributed by atoms with Crippen LogP contribution in [0.15, 0.2) is 54.6 Å². The van der Waals surface area contributed by atoms with E-state index in [1.165, 1.54) is 30.0 Å². The summed E-state index contributed by atoms with van der Waals surface area (Å²) in [5.41, 5.74) is 24.2. The Morgan fingerprint density at radius 2 is 1.47 bits per heavy atom. The SMILES string of the molecule is CCCCc1ccc(-c2nc(C)c(C(=O)NC(CCN)C(=O)N(C)C3C(=O)NC(C)C(=O)NC(C(=O)NCC#N)Cc4ccc(OCCN)c(c4)-c4cc3ccc4OCCN)c(C)n2)cc1CCCC. The van der Waals surface area contributed by atoms with Crippen LogP contribution in [0.4, 0.5) is 0 Å². The predicted molar refractivity (Wildman–Crippen MR) is 267 cm³/mol. The van der Waals surface area contributed by atoms with Crippen LogP contribution in [0.1, 0.15) is 103 Å². The van der Waals surface area contributed by atoms with Gasteiger partial charge in [0.05, 0.1) is 23.0 Å². The Morgan fingerprint density at radius 3 is 2.09 bits per heavy atom. The quantitative estimate of drug-likeness (QED) is 0.0589. The maximum atomic E-state index is 14.8. The van der Waals surface area contributed by atoms with Gasteiger partial charge in [-0.05, 0) is 112 Å². The van der Waals surface area contributed by atoms with Crippen LogP contribution in [0.25, 0.3) is 22.5 Å². The summed E-state index contributed by atoms with van der Waals surface area (Å²) in [4.78, 5) is 81.7. The van der Waals surface area contributed by atoms with Crippen molar-refractivity contribution in [1.29, 1.82) is 5.26 Å². The van der Waals surface area contributed by atoms with Gasteiger partial charge in [0.15, 0.2) is 5.82 Å². The lowest BCUT2D eigenvalue weighted by molar-refractivity contribution is -0.141. The first-order valence-corrected chi connectivity index (χ1v) is 24.1. The Balaban J connectivity index is 1.56. The maximum Gasteiger partial charge on any atom is 0.255 e. The summed E-state index contributed by atoms with van der Waals surface area (Å²) >= 11 is 0. The van der Waals surface area contributed by atoms with Crippen molar-refractivity contribution < 1.29 is 33.4 Å². The Labute approximate surface area is 410 Å². The number of fused-ring (bicyclic) bond motifs is 5. The molecule has 18 heteroatoms. The van der Waals surface area contributed by atoms with Gasteiger partial charge in [0.1, 0.15) is 55.4 Å². The van der Waals surface area contributed by atoms with E-state index in [9.17, 15) is 29.2 Å². The summed E-state index contributed by atoms with van der Waals surface area (Å²) in [5.74, 6) is -2.04. The van der Waals surface area contributed by atoms with Crippen LogP contribution in [-0.4, -0.2) is 109 Å².